The van der Waals surface area contributed by atoms with Crippen LogP contribution in [0.15, 0.2) is 18.3 Å². The summed E-state index contributed by atoms with van der Waals surface area (Å²) in [6.07, 6.45) is 4.26. The molecule has 1 aromatic heterocycles. The summed E-state index contributed by atoms with van der Waals surface area (Å²) in [6.45, 7) is 2.22. The first-order valence-corrected chi connectivity index (χ1v) is 4.77. The SMILES string of the molecule is CCC1CC1Nc1cc(N)ccn1. The van der Waals surface area contributed by atoms with Crippen LogP contribution in [-0.4, -0.2) is 11.0 Å². The predicted octanol–water partition coefficient (Wildman–Crippen LogP) is 1.87. The monoisotopic (exact) mass is 177 g/mol. The molecule has 1 aromatic rings. The van der Waals surface area contributed by atoms with Crippen LogP contribution in [0.25, 0.3) is 0 Å². The van der Waals surface area contributed by atoms with E-state index in [4.69, 9.17) is 5.73 Å². The summed E-state index contributed by atoms with van der Waals surface area (Å²) < 4.78 is 0. The number of hydrogen-bond donors (Lipinski definition) is 2. The van der Waals surface area contributed by atoms with Gasteiger partial charge in [0.2, 0.25) is 0 Å². The fourth-order valence-corrected chi connectivity index (χ4v) is 1.59. The maximum absolute atomic E-state index is 5.64. The highest BCUT2D eigenvalue weighted by molar-refractivity contribution is 5.49. The zero-order valence-corrected chi connectivity index (χ0v) is 7.83. The molecule has 1 fully saturated rings. The van der Waals surface area contributed by atoms with Gasteiger partial charge in [0.05, 0.1) is 0 Å². The molecule has 0 radical (unpaired) electrons. The van der Waals surface area contributed by atoms with Gasteiger partial charge in [-0.05, 0) is 18.4 Å². The average Bonchev–Trinajstić information content (AvgIpc) is 2.83. The molecule has 2 unspecified atom stereocenters. The zero-order chi connectivity index (χ0) is 9.26. The summed E-state index contributed by atoms with van der Waals surface area (Å²) in [7, 11) is 0. The van der Waals surface area contributed by atoms with Crippen LogP contribution in [0.4, 0.5) is 11.5 Å². The van der Waals surface area contributed by atoms with Crippen molar-refractivity contribution in [3.63, 3.8) is 0 Å². The Kier molecular flexibility index (Phi) is 2.08. The molecule has 1 heterocycles. The lowest BCUT2D eigenvalue weighted by molar-refractivity contribution is 0.773. The number of nitrogens with one attached hydrogen (secondary N) is 1. The molecule has 2 rings (SSSR count). The number of nitrogens with zero attached hydrogens (tertiary/aromatic N) is 1. The Bertz CT molecular complexity index is 298. The lowest BCUT2D eigenvalue weighted by Gasteiger charge is -2.04. The summed E-state index contributed by atoms with van der Waals surface area (Å²) >= 11 is 0. The summed E-state index contributed by atoms with van der Waals surface area (Å²) in [5.41, 5.74) is 6.41. The average molecular weight is 177 g/mol. The third-order valence-corrected chi connectivity index (χ3v) is 2.56. The molecule has 3 nitrogen and oxygen atoms in total. The maximum atomic E-state index is 5.64. The molecule has 13 heavy (non-hydrogen) atoms. The third-order valence-electron chi connectivity index (χ3n) is 2.56. The second-order valence-corrected chi connectivity index (χ2v) is 3.63. The quantitative estimate of drug-likeness (QED) is 0.741. The van der Waals surface area contributed by atoms with Crippen molar-refractivity contribution in [2.45, 2.75) is 25.8 Å². The van der Waals surface area contributed by atoms with Crippen molar-refractivity contribution in [3.05, 3.63) is 18.3 Å². The summed E-state index contributed by atoms with van der Waals surface area (Å²) in [5, 5.41) is 3.37. The van der Waals surface area contributed by atoms with Crippen molar-refractivity contribution in [2.24, 2.45) is 5.92 Å². The number of pyridine rings is 1. The van der Waals surface area contributed by atoms with Gasteiger partial charge >= 0.3 is 0 Å². The fraction of sp³-hybridized carbons (Fsp3) is 0.500. The first kappa shape index (κ1) is 8.35. The van der Waals surface area contributed by atoms with E-state index in [1.165, 1.54) is 12.8 Å². The second kappa shape index (κ2) is 3.24. The largest absolute Gasteiger partial charge is 0.399 e. The van der Waals surface area contributed by atoms with E-state index in [1.807, 2.05) is 6.07 Å². The number of rotatable bonds is 3. The van der Waals surface area contributed by atoms with Crippen LogP contribution < -0.4 is 11.1 Å². The number of anilines is 2. The fourth-order valence-electron chi connectivity index (χ4n) is 1.59. The molecule has 0 aromatic carbocycles. The van der Waals surface area contributed by atoms with Gasteiger partial charge in [0.15, 0.2) is 0 Å². The van der Waals surface area contributed by atoms with Gasteiger partial charge in [0, 0.05) is 24.0 Å². The molecule has 1 aliphatic rings. The Balaban J connectivity index is 1.95. The molecule has 0 amide bonds. The lowest BCUT2D eigenvalue weighted by atomic mass is 10.3. The van der Waals surface area contributed by atoms with E-state index in [1.54, 1.807) is 12.3 Å². The lowest BCUT2D eigenvalue weighted by Crippen LogP contribution is -2.06. The van der Waals surface area contributed by atoms with Crippen molar-refractivity contribution in [3.8, 4) is 0 Å². The molecule has 3 N–H and O–H groups in total. The third kappa shape index (κ3) is 1.91. The molecular weight excluding hydrogens is 162 g/mol. The van der Waals surface area contributed by atoms with Gasteiger partial charge in [-0.3, -0.25) is 0 Å². The first-order valence-electron chi connectivity index (χ1n) is 4.77. The zero-order valence-electron chi connectivity index (χ0n) is 7.83. The van der Waals surface area contributed by atoms with Gasteiger partial charge in [-0.15, -0.1) is 0 Å². The molecule has 0 aliphatic heterocycles. The molecule has 1 aliphatic carbocycles. The highest BCUT2D eigenvalue weighted by Gasteiger charge is 2.35. The minimum Gasteiger partial charge on any atom is -0.399 e. The first-order chi connectivity index (χ1) is 6.29. The summed E-state index contributed by atoms with van der Waals surface area (Å²) in [4.78, 5) is 4.20. The van der Waals surface area contributed by atoms with Crippen LogP contribution in [0.1, 0.15) is 19.8 Å². The van der Waals surface area contributed by atoms with Crippen LogP contribution in [0, 0.1) is 5.92 Å². The molecule has 0 spiro atoms. The van der Waals surface area contributed by atoms with Gasteiger partial charge in [-0.25, -0.2) is 4.98 Å². The van der Waals surface area contributed by atoms with Gasteiger partial charge in [0.25, 0.3) is 0 Å². The Hall–Kier alpha value is -1.25. The normalized spacial score (nSPS) is 25.6. The minimum absolute atomic E-state index is 0.624. The van der Waals surface area contributed by atoms with E-state index in [0.717, 1.165) is 17.4 Å². The van der Waals surface area contributed by atoms with Crippen LogP contribution >= 0.6 is 0 Å². The van der Waals surface area contributed by atoms with Crippen LogP contribution in [0.3, 0.4) is 0 Å². The Morgan fingerprint density at radius 3 is 3.15 bits per heavy atom. The second-order valence-electron chi connectivity index (χ2n) is 3.63. The van der Waals surface area contributed by atoms with E-state index in [0.29, 0.717) is 6.04 Å². The van der Waals surface area contributed by atoms with E-state index in [-0.39, 0.29) is 0 Å². The number of hydrogen-bond acceptors (Lipinski definition) is 3. The van der Waals surface area contributed by atoms with Gasteiger partial charge in [-0.2, -0.15) is 0 Å². The smallest absolute Gasteiger partial charge is 0.128 e. The van der Waals surface area contributed by atoms with Gasteiger partial charge in [-0.1, -0.05) is 13.3 Å². The standard InChI is InChI=1S/C10H15N3/c1-2-7-5-9(7)13-10-6-8(11)3-4-12-10/h3-4,6-7,9H,2,5H2,1H3,(H3,11,12,13). The minimum atomic E-state index is 0.624. The van der Waals surface area contributed by atoms with Crippen molar-refractivity contribution in [1.82, 2.24) is 4.98 Å². The number of aromatic nitrogens is 1. The number of nitrogens with two attached hydrogens (primary N) is 1. The Morgan fingerprint density at radius 1 is 1.69 bits per heavy atom. The molecule has 0 bridgehead atoms. The highest BCUT2D eigenvalue weighted by Crippen LogP contribution is 2.35. The van der Waals surface area contributed by atoms with Crippen molar-refractivity contribution >= 4 is 11.5 Å². The van der Waals surface area contributed by atoms with Crippen molar-refractivity contribution in [1.29, 1.82) is 0 Å². The van der Waals surface area contributed by atoms with Gasteiger partial charge in [0.1, 0.15) is 5.82 Å². The number of nitrogen functional groups attached to an aromatic ring is 1. The Morgan fingerprint density at radius 2 is 2.54 bits per heavy atom. The van der Waals surface area contributed by atoms with Gasteiger partial charge < -0.3 is 11.1 Å². The molecular formula is C10H15N3. The summed E-state index contributed by atoms with van der Waals surface area (Å²) in [5.74, 6) is 1.74. The van der Waals surface area contributed by atoms with E-state index in [9.17, 15) is 0 Å². The Labute approximate surface area is 78.4 Å². The molecule has 70 valence electrons. The van der Waals surface area contributed by atoms with Crippen LogP contribution in [0.5, 0.6) is 0 Å². The van der Waals surface area contributed by atoms with E-state index >= 15 is 0 Å². The molecule has 3 heteroatoms. The maximum Gasteiger partial charge on any atom is 0.128 e. The van der Waals surface area contributed by atoms with Crippen molar-refractivity contribution < 1.29 is 0 Å². The predicted molar refractivity (Wildman–Crippen MR) is 54.5 cm³/mol. The van der Waals surface area contributed by atoms with Crippen molar-refractivity contribution in [2.75, 3.05) is 11.1 Å². The highest BCUT2D eigenvalue weighted by atomic mass is 15.0. The van der Waals surface area contributed by atoms with E-state index < -0.39 is 0 Å². The van der Waals surface area contributed by atoms with Crippen LogP contribution in [-0.2, 0) is 0 Å². The molecule has 1 saturated carbocycles. The van der Waals surface area contributed by atoms with E-state index in [2.05, 4.69) is 17.2 Å². The molecule has 2 atom stereocenters. The molecule has 0 saturated heterocycles. The summed E-state index contributed by atoms with van der Waals surface area (Å²) in [6, 6.07) is 4.31. The van der Waals surface area contributed by atoms with Crippen LogP contribution in [0.2, 0.25) is 0 Å². The topological polar surface area (TPSA) is 50.9 Å².